The number of hydrazine groups is 1. The second kappa shape index (κ2) is 13.2. The molecule has 0 bridgehead atoms. The van der Waals surface area contributed by atoms with E-state index in [0.717, 1.165) is 29.5 Å². The molecule has 41 heavy (non-hydrogen) atoms. The molecule has 4 aromatic rings. The maximum atomic E-state index is 9.23. The minimum atomic E-state index is -0.140. The molecule has 1 aliphatic carbocycles. The molecule has 9 nitrogen and oxygen atoms in total. The molecule has 0 spiro atoms. The van der Waals surface area contributed by atoms with Crippen LogP contribution in [0, 0.1) is 11.3 Å². The Labute approximate surface area is 243 Å². The monoisotopic (exact) mass is 567 g/mol. The van der Waals surface area contributed by atoms with E-state index in [4.69, 9.17) is 32.8 Å². The van der Waals surface area contributed by atoms with Gasteiger partial charge in [-0.05, 0) is 47.2 Å². The van der Waals surface area contributed by atoms with Crippen molar-refractivity contribution >= 4 is 17.4 Å². The SMILES string of the molecule is N#Cc1cncc(COc2cc(OC3CCc4c(-c5ccccc5)cccc43)c(Cl)cc2CNC/C(=N/N)NN)c1. The molecule has 1 aromatic heterocycles. The van der Waals surface area contributed by atoms with Crippen LogP contribution in [0.25, 0.3) is 11.1 Å². The number of benzene rings is 3. The number of ether oxygens (including phenoxy) is 2. The Bertz CT molecular complexity index is 1590. The lowest BCUT2D eigenvalue weighted by Crippen LogP contribution is -2.38. The number of rotatable bonds is 10. The van der Waals surface area contributed by atoms with E-state index in [0.29, 0.717) is 41.0 Å². The van der Waals surface area contributed by atoms with Crippen molar-refractivity contribution < 1.29 is 9.47 Å². The Hall–Kier alpha value is -4.62. The first-order chi connectivity index (χ1) is 20.1. The van der Waals surface area contributed by atoms with Crippen molar-refractivity contribution in [3.63, 3.8) is 0 Å². The fraction of sp³-hybridized carbons (Fsp3) is 0.194. The van der Waals surface area contributed by atoms with Crippen LogP contribution in [0.15, 0.2) is 84.2 Å². The first kappa shape index (κ1) is 27.9. The standard InChI is InChI=1S/C31H30ClN7O2/c32-27-12-23(17-37-18-31(38-34)39-35)29(40-19-21-11-20(14-33)15-36-16-21)13-30(27)41-28-10-9-25-24(7-4-8-26(25)28)22-5-2-1-3-6-22/h1-8,11-13,15-16,28,37H,9-10,17-19,34-35H2,(H,38,39). The quantitative estimate of drug-likeness (QED) is 0.0930. The number of halogens is 1. The van der Waals surface area contributed by atoms with Gasteiger partial charge in [-0.3, -0.25) is 4.98 Å². The average Bonchev–Trinajstić information content (AvgIpc) is 3.43. The summed E-state index contributed by atoms with van der Waals surface area (Å²) in [6.45, 7) is 0.932. The molecule has 6 N–H and O–H groups in total. The van der Waals surface area contributed by atoms with E-state index < -0.39 is 0 Å². The molecule has 0 aliphatic heterocycles. The summed E-state index contributed by atoms with van der Waals surface area (Å²) in [6.07, 6.45) is 4.80. The van der Waals surface area contributed by atoms with Gasteiger partial charge in [-0.25, -0.2) is 5.84 Å². The average molecular weight is 568 g/mol. The molecule has 3 aromatic carbocycles. The summed E-state index contributed by atoms with van der Waals surface area (Å²) in [5.74, 6) is 12.3. The van der Waals surface area contributed by atoms with Crippen molar-refractivity contribution in [1.29, 1.82) is 5.26 Å². The topological polar surface area (TPSA) is 144 Å². The van der Waals surface area contributed by atoms with Crippen LogP contribution in [-0.2, 0) is 19.6 Å². The highest BCUT2D eigenvalue weighted by Gasteiger charge is 2.27. The number of amidine groups is 1. The Morgan fingerprint density at radius 2 is 1.95 bits per heavy atom. The first-order valence-electron chi connectivity index (χ1n) is 13.2. The van der Waals surface area contributed by atoms with E-state index in [1.807, 2.05) is 18.2 Å². The van der Waals surface area contributed by atoms with Gasteiger partial charge in [0.2, 0.25) is 0 Å². The Morgan fingerprint density at radius 3 is 2.73 bits per heavy atom. The van der Waals surface area contributed by atoms with Gasteiger partial charge in [0, 0.05) is 36.1 Å². The maximum Gasteiger partial charge on any atom is 0.149 e. The molecule has 0 saturated heterocycles. The third kappa shape index (κ3) is 6.58. The van der Waals surface area contributed by atoms with Crippen LogP contribution in [0.5, 0.6) is 11.5 Å². The first-order valence-corrected chi connectivity index (χ1v) is 13.5. The molecule has 0 amide bonds. The number of nitrogens with two attached hydrogens (primary N) is 2. The lowest BCUT2D eigenvalue weighted by atomic mass is 9.97. The van der Waals surface area contributed by atoms with Crippen molar-refractivity contribution in [3.05, 3.63) is 112 Å². The van der Waals surface area contributed by atoms with Gasteiger partial charge in [0.25, 0.3) is 0 Å². The third-order valence-corrected chi connectivity index (χ3v) is 7.23. The predicted octanol–water partition coefficient (Wildman–Crippen LogP) is 4.74. The summed E-state index contributed by atoms with van der Waals surface area (Å²) >= 11 is 6.76. The molecule has 208 valence electrons. The van der Waals surface area contributed by atoms with Gasteiger partial charge in [0.1, 0.15) is 36.1 Å². The lowest BCUT2D eigenvalue weighted by molar-refractivity contribution is 0.206. The summed E-state index contributed by atoms with van der Waals surface area (Å²) in [4.78, 5) is 4.12. The van der Waals surface area contributed by atoms with E-state index in [1.54, 1.807) is 12.3 Å². The summed E-state index contributed by atoms with van der Waals surface area (Å²) in [5.41, 5.74) is 9.36. The van der Waals surface area contributed by atoms with Crippen LogP contribution >= 0.6 is 11.6 Å². The highest BCUT2D eigenvalue weighted by Crippen LogP contribution is 2.42. The number of nitriles is 1. The molecule has 10 heteroatoms. The number of nitrogens with zero attached hydrogens (tertiary/aromatic N) is 3. The molecule has 0 radical (unpaired) electrons. The second-order valence-electron chi connectivity index (χ2n) is 9.58. The van der Waals surface area contributed by atoms with Crippen LogP contribution in [0.4, 0.5) is 0 Å². The van der Waals surface area contributed by atoms with Crippen LogP contribution in [0.3, 0.4) is 0 Å². The summed E-state index contributed by atoms with van der Waals surface area (Å²) in [5, 5.41) is 16.5. The molecule has 0 saturated carbocycles. The molecule has 1 heterocycles. The largest absolute Gasteiger partial charge is 0.488 e. The number of hydrogen-bond donors (Lipinski definition) is 4. The van der Waals surface area contributed by atoms with Gasteiger partial charge in [0.15, 0.2) is 0 Å². The molecular weight excluding hydrogens is 538 g/mol. The summed E-state index contributed by atoms with van der Waals surface area (Å²) in [7, 11) is 0. The fourth-order valence-corrected chi connectivity index (χ4v) is 5.19. The number of hydrazone groups is 1. The highest BCUT2D eigenvalue weighted by atomic mass is 35.5. The molecule has 1 unspecified atom stereocenters. The number of pyridine rings is 1. The molecule has 0 fully saturated rings. The second-order valence-corrected chi connectivity index (χ2v) is 9.99. The van der Waals surface area contributed by atoms with E-state index in [9.17, 15) is 5.26 Å². The zero-order chi connectivity index (χ0) is 28.6. The van der Waals surface area contributed by atoms with Gasteiger partial charge in [0.05, 0.1) is 17.1 Å². The van der Waals surface area contributed by atoms with Gasteiger partial charge in [-0.15, -0.1) is 0 Å². The van der Waals surface area contributed by atoms with Crippen molar-refractivity contribution in [2.75, 3.05) is 6.54 Å². The summed E-state index contributed by atoms with van der Waals surface area (Å²) < 4.78 is 12.8. The molecular formula is C31H30ClN7O2. The minimum Gasteiger partial charge on any atom is -0.488 e. The van der Waals surface area contributed by atoms with Gasteiger partial charge in [-0.2, -0.15) is 10.4 Å². The number of fused-ring (bicyclic) bond motifs is 1. The zero-order valence-corrected chi connectivity index (χ0v) is 23.1. The van der Waals surface area contributed by atoms with E-state index in [2.05, 4.69) is 69.4 Å². The summed E-state index contributed by atoms with van der Waals surface area (Å²) in [6, 6.07) is 24.2. The highest BCUT2D eigenvalue weighted by molar-refractivity contribution is 6.32. The maximum absolute atomic E-state index is 9.23. The Balaban J connectivity index is 1.40. The van der Waals surface area contributed by atoms with Crippen molar-refractivity contribution in [2.24, 2.45) is 16.8 Å². The van der Waals surface area contributed by atoms with E-state index in [1.165, 1.54) is 22.9 Å². The van der Waals surface area contributed by atoms with Gasteiger partial charge < -0.3 is 26.1 Å². The molecule has 1 aliphatic rings. The van der Waals surface area contributed by atoms with Gasteiger partial charge >= 0.3 is 0 Å². The fourth-order valence-electron chi connectivity index (χ4n) is 4.96. The predicted molar refractivity (Wildman–Crippen MR) is 159 cm³/mol. The van der Waals surface area contributed by atoms with Gasteiger partial charge in [-0.1, -0.05) is 60.1 Å². The van der Waals surface area contributed by atoms with Crippen molar-refractivity contribution in [2.45, 2.75) is 32.1 Å². The Morgan fingerprint density at radius 1 is 1.10 bits per heavy atom. The number of nitrogens with one attached hydrogen (secondary N) is 2. The minimum absolute atomic E-state index is 0.140. The molecule has 1 atom stereocenters. The zero-order valence-electron chi connectivity index (χ0n) is 22.3. The normalized spacial score (nSPS) is 14.3. The van der Waals surface area contributed by atoms with Crippen molar-refractivity contribution in [1.82, 2.24) is 15.7 Å². The lowest BCUT2D eigenvalue weighted by Gasteiger charge is -2.20. The number of aromatic nitrogens is 1. The van der Waals surface area contributed by atoms with Crippen LogP contribution in [0.2, 0.25) is 5.02 Å². The van der Waals surface area contributed by atoms with Crippen molar-refractivity contribution in [3.8, 4) is 28.7 Å². The van der Waals surface area contributed by atoms with Crippen LogP contribution in [0.1, 0.15) is 40.3 Å². The van der Waals surface area contributed by atoms with E-state index >= 15 is 0 Å². The van der Waals surface area contributed by atoms with Crippen LogP contribution in [-0.4, -0.2) is 17.4 Å². The van der Waals surface area contributed by atoms with E-state index in [-0.39, 0.29) is 12.7 Å². The third-order valence-electron chi connectivity index (χ3n) is 6.93. The number of hydrogen-bond acceptors (Lipinski definition) is 8. The Kier molecular flexibility index (Phi) is 8.96. The molecule has 5 rings (SSSR count). The van der Waals surface area contributed by atoms with Crippen LogP contribution < -0.4 is 31.9 Å². The smallest absolute Gasteiger partial charge is 0.149 e.